The van der Waals surface area contributed by atoms with Gasteiger partial charge in [-0.3, -0.25) is 0 Å². The summed E-state index contributed by atoms with van der Waals surface area (Å²) in [5, 5.41) is 2.39. The smallest absolute Gasteiger partial charge is 0.166 e. The Morgan fingerprint density at radius 3 is 1.40 bits per heavy atom. The summed E-state index contributed by atoms with van der Waals surface area (Å²) in [6.45, 7) is 0. The fourth-order valence-electron chi connectivity index (χ4n) is 7.09. The monoisotopic (exact) mass is 721 g/mol. The van der Waals surface area contributed by atoms with E-state index in [-0.39, 0.29) is 0 Å². The van der Waals surface area contributed by atoms with E-state index < -0.39 is 0 Å². The lowest BCUT2D eigenvalue weighted by Gasteiger charge is -2.14. The minimum Gasteiger partial charge on any atom is -0.228 e. The second-order valence-electron chi connectivity index (χ2n) is 13.3. The summed E-state index contributed by atoms with van der Waals surface area (Å²) in [4.78, 5) is 25.7. The van der Waals surface area contributed by atoms with E-state index >= 15 is 0 Å². The number of hydrogen-bond donors (Lipinski definition) is 0. The number of aromatic nitrogens is 5. The van der Waals surface area contributed by atoms with E-state index in [0.717, 1.165) is 60.6 Å². The molecule has 7 aromatic carbocycles. The first-order chi connectivity index (χ1) is 27.2. The standard InChI is InChI=1S/C49H31N5S/c1-5-16-32(17-6-1)41-31-42(51-46(50-41)33-18-7-2-8-19-33)37-25-15-24-36(30-37)38-28-29-40-39-26-13-14-27-43(39)55-45(40)44(38)49-53-47(34-20-9-3-10-21-34)52-48(54-49)35-22-11-4-12-23-35/h1-31H. The van der Waals surface area contributed by atoms with Gasteiger partial charge < -0.3 is 0 Å². The fraction of sp³-hybridized carbons (Fsp3) is 0. The number of fused-ring (bicyclic) bond motifs is 3. The number of rotatable bonds is 7. The maximum Gasteiger partial charge on any atom is 0.166 e. The van der Waals surface area contributed by atoms with Crippen molar-refractivity contribution < 1.29 is 0 Å². The molecule has 5 nitrogen and oxygen atoms in total. The van der Waals surface area contributed by atoms with E-state index in [1.165, 1.54) is 15.5 Å². The molecule has 0 atom stereocenters. The molecule has 0 bridgehead atoms. The minimum atomic E-state index is 0.630. The zero-order valence-electron chi connectivity index (χ0n) is 29.5. The van der Waals surface area contributed by atoms with E-state index in [2.05, 4.69) is 91.0 Å². The Kier molecular flexibility index (Phi) is 8.28. The minimum absolute atomic E-state index is 0.630. The third kappa shape index (κ3) is 6.24. The van der Waals surface area contributed by atoms with Gasteiger partial charge in [0.15, 0.2) is 23.3 Å². The van der Waals surface area contributed by atoms with E-state index in [1.54, 1.807) is 11.3 Å². The Morgan fingerprint density at radius 2 is 0.782 bits per heavy atom. The number of hydrogen-bond acceptors (Lipinski definition) is 6. The molecule has 10 aromatic rings. The van der Waals surface area contributed by atoms with E-state index in [4.69, 9.17) is 24.9 Å². The van der Waals surface area contributed by atoms with E-state index in [1.807, 2.05) is 97.1 Å². The van der Waals surface area contributed by atoms with Crippen LogP contribution in [0.2, 0.25) is 0 Å². The molecule has 0 spiro atoms. The lowest BCUT2D eigenvalue weighted by Crippen LogP contribution is -2.01. The Balaban J connectivity index is 1.21. The van der Waals surface area contributed by atoms with Crippen LogP contribution in [0.25, 0.3) is 99.4 Å². The first-order valence-electron chi connectivity index (χ1n) is 18.2. The normalized spacial score (nSPS) is 11.3. The molecular formula is C49H31N5S. The fourth-order valence-corrected chi connectivity index (χ4v) is 8.33. The van der Waals surface area contributed by atoms with Crippen molar-refractivity contribution in [2.75, 3.05) is 0 Å². The molecule has 0 saturated heterocycles. The lowest BCUT2D eigenvalue weighted by molar-refractivity contribution is 1.08. The summed E-state index contributed by atoms with van der Waals surface area (Å²) in [7, 11) is 0. The molecule has 0 fully saturated rings. The largest absolute Gasteiger partial charge is 0.228 e. The van der Waals surface area contributed by atoms with Gasteiger partial charge in [0, 0.05) is 53.6 Å². The van der Waals surface area contributed by atoms with Gasteiger partial charge in [-0.05, 0) is 29.3 Å². The van der Waals surface area contributed by atoms with Crippen LogP contribution in [0.3, 0.4) is 0 Å². The van der Waals surface area contributed by atoms with Gasteiger partial charge in [0.05, 0.1) is 11.4 Å². The van der Waals surface area contributed by atoms with Crippen molar-refractivity contribution in [2.45, 2.75) is 0 Å². The van der Waals surface area contributed by atoms with Crippen molar-refractivity contribution in [2.24, 2.45) is 0 Å². The van der Waals surface area contributed by atoms with Crippen LogP contribution in [-0.2, 0) is 0 Å². The van der Waals surface area contributed by atoms with Gasteiger partial charge >= 0.3 is 0 Å². The van der Waals surface area contributed by atoms with Crippen LogP contribution in [0.15, 0.2) is 188 Å². The Morgan fingerprint density at radius 1 is 0.309 bits per heavy atom. The van der Waals surface area contributed by atoms with Crippen molar-refractivity contribution in [3.8, 4) is 79.2 Å². The highest BCUT2D eigenvalue weighted by Crippen LogP contribution is 2.45. The van der Waals surface area contributed by atoms with Crippen molar-refractivity contribution in [1.82, 2.24) is 24.9 Å². The van der Waals surface area contributed by atoms with Crippen LogP contribution in [0.1, 0.15) is 0 Å². The summed E-state index contributed by atoms with van der Waals surface area (Å²) in [6.07, 6.45) is 0. The average Bonchev–Trinajstić information content (AvgIpc) is 3.66. The molecule has 3 heterocycles. The van der Waals surface area contributed by atoms with Gasteiger partial charge in [0.2, 0.25) is 0 Å². The zero-order chi connectivity index (χ0) is 36.6. The lowest BCUT2D eigenvalue weighted by atomic mass is 9.94. The molecule has 0 saturated carbocycles. The maximum absolute atomic E-state index is 5.24. The molecule has 0 aliphatic rings. The second-order valence-corrected chi connectivity index (χ2v) is 14.3. The van der Waals surface area contributed by atoms with Gasteiger partial charge in [-0.1, -0.05) is 170 Å². The van der Waals surface area contributed by atoms with Crippen molar-refractivity contribution >= 4 is 31.5 Å². The molecule has 6 heteroatoms. The molecular weight excluding hydrogens is 691 g/mol. The van der Waals surface area contributed by atoms with Crippen molar-refractivity contribution in [3.63, 3.8) is 0 Å². The predicted octanol–water partition coefficient (Wildman–Crippen LogP) is 12.7. The molecule has 0 aliphatic heterocycles. The molecule has 0 aliphatic carbocycles. The molecule has 0 unspecified atom stereocenters. The summed E-state index contributed by atoms with van der Waals surface area (Å²) in [5.74, 6) is 2.57. The van der Waals surface area contributed by atoms with Crippen LogP contribution >= 0.6 is 11.3 Å². The summed E-state index contributed by atoms with van der Waals surface area (Å²) in [6, 6.07) is 64.5. The first-order valence-corrected chi connectivity index (χ1v) is 19.0. The van der Waals surface area contributed by atoms with Gasteiger partial charge in [0.1, 0.15) is 0 Å². The average molecular weight is 722 g/mol. The van der Waals surface area contributed by atoms with E-state index in [9.17, 15) is 0 Å². The van der Waals surface area contributed by atoms with Gasteiger partial charge in [0.25, 0.3) is 0 Å². The third-order valence-corrected chi connectivity index (χ3v) is 11.0. The Bertz CT molecular complexity index is 2850. The SMILES string of the molecule is c1ccc(-c2cc(-c3cccc(-c4ccc5c(sc6ccccc65)c4-c4nc(-c5ccccc5)nc(-c5ccccc5)n4)c3)nc(-c3ccccc3)n2)cc1. The predicted molar refractivity (Wildman–Crippen MR) is 226 cm³/mol. The molecule has 55 heavy (non-hydrogen) atoms. The van der Waals surface area contributed by atoms with Gasteiger partial charge in [-0.15, -0.1) is 11.3 Å². The molecule has 3 aromatic heterocycles. The molecule has 0 N–H and O–H groups in total. The topological polar surface area (TPSA) is 64.5 Å². The van der Waals surface area contributed by atoms with Gasteiger partial charge in [-0.25, -0.2) is 24.9 Å². The Hall–Kier alpha value is -7.15. The second kappa shape index (κ2) is 14.0. The van der Waals surface area contributed by atoms with Crippen LogP contribution in [0, 0.1) is 0 Å². The van der Waals surface area contributed by atoms with Crippen molar-refractivity contribution in [1.29, 1.82) is 0 Å². The van der Waals surface area contributed by atoms with Crippen LogP contribution in [0.5, 0.6) is 0 Å². The number of thiophene rings is 1. The zero-order valence-corrected chi connectivity index (χ0v) is 30.4. The van der Waals surface area contributed by atoms with Crippen LogP contribution < -0.4 is 0 Å². The maximum atomic E-state index is 5.24. The number of benzene rings is 7. The van der Waals surface area contributed by atoms with Crippen molar-refractivity contribution in [3.05, 3.63) is 188 Å². The molecule has 0 amide bonds. The van der Waals surface area contributed by atoms with Gasteiger partial charge in [-0.2, -0.15) is 0 Å². The van der Waals surface area contributed by atoms with Crippen LogP contribution in [-0.4, -0.2) is 24.9 Å². The summed E-state index contributed by atoms with van der Waals surface area (Å²) in [5.41, 5.74) is 9.62. The first kappa shape index (κ1) is 32.5. The highest BCUT2D eigenvalue weighted by atomic mass is 32.1. The molecule has 0 radical (unpaired) electrons. The highest BCUT2D eigenvalue weighted by molar-refractivity contribution is 7.26. The van der Waals surface area contributed by atoms with E-state index in [0.29, 0.717) is 23.3 Å². The summed E-state index contributed by atoms with van der Waals surface area (Å²) < 4.78 is 2.35. The Labute approximate surface area is 322 Å². The third-order valence-electron chi connectivity index (χ3n) is 9.77. The summed E-state index contributed by atoms with van der Waals surface area (Å²) >= 11 is 1.77. The van der Waals surface area contributed by atoms with Crippen LogP contribution in [0.4, 0.5) is 0 Å². The quantitative estimate of drug-likeness (QED) is 0.164. The molecule has 10 rings (SSSR count). The highest BCUT2D eigenvalue weighted by Gasteiger charge is 2.21. The molecule has 258 valence electrons. The number of nitrogens with zero attached hydrogens (tertiary/aromatic N) is 5.